The maximum atomic E-state index is 11.8. The van der Waals surface area contributed by atoms with E-state index in [0.29, 0.717) is 19.3 Å². The first kappa shape index (κ1) is 21.6. The predicted octanol–water partition coefficient (Wildman–Crippen LogP) is 4.50. The second kappa shape index (κ2) is 7.38. The number of rotatable bonds is 3. The van der Waals surface area contributed by atoms with E-state index in [1.54, 1.807) is 6.07 Å². The Kier molecular flexibility index (Phi) is 4.68. The van der Waals surface area contributed by atoms with Crippen LogP contribution in [0.15, 0.2) is 54.6 Å². The number of benzene rings is 2. The van der Waals surface area contributed by atoms with Crippen molar-refractivity contribution >= 4 is 11.6 Å². The fourth-order valence-corrected chi connectivity index (χ4v) is 6.02. The van der Waals surface area contributed by atoms with Crippen molar-refractivity contribution in [3.8, 4) is 18.2 Å². The molecule has 0 spiro atoms. The summed E-state index contributed by atoms with van der Waals surface area (Å²) in [6.07, 6.45) is -0.136. The molecule has 1 aliphatic carbocycles. The molecule has 9 nitrogen and oxygen atoms in total. The fraction of sp³-hybridized carbons (Fsp3) is 0.360. The van der Waals surface area contributed by atoms with Crippen molar-refractivity contribution < 1.29 is 14.4 Å². The first-order valence-corrected chi connectivity index (χ1v) is 10.9. The average molecular weight is 453 g/mol. The van der Waals surface area contributed by atoms with Crippen molar-refractivity contribution in [3.63, 3.8) is 0 Å². The number of nitrogens with one attached hydrogen (secondary N) is 1. The van der Waals surface area contributed by atoms with Crippen LogP contribution in [0.4, 0.5) is 5.69 Å². The summed E-state index contributed by atoms with van der Waals surface area (Å²) in [7, 11) is 0. The Bertz CT molecular complexity index is 1310. The standard InChI is InChI=1S/C25H19N5O4/c26-13-23(14-27)21(18-8-4-5-9-19(18)30(31)32)33-25-11-10-17(16-6-2-1-3-7-16)12-20(25)24(23,15-28)22(29)34-25/h1-9,17,20-21,29H,10-12H2. The number of nitro benzene ring substituents is 1. The summed E-state index contributed by atoms with van der Waals surface area (Å²) >= 11 is 0. The van der Waals surface area contributed by atoms with Gasteiger partial charge in [0, 0.05) is 12.5 Å². The number of nitrogens with zero attached hydrogens (tertiary/aromatic N) is 4. The van der Waals surface area contributed by atoms with E-state index in [-0.39, 0.29) is 17.2 Å². The van der Waals surface area contributed by atoms with E-state index in [0.717, 1.165) is 5.56 Å². The minimum Gasteiger partial charge on any atom is -0.447 e. The SMILES string of the molecule is N#CC1(C#N)C(c2ccccc2[N+](=O)[O-])OC23CCC(c4ccccc4)CC2C1(C#N)C(=N)O3. The second-order valence-corrected chi connectivity index (χ2v) is 8.94. The zero-order chi connectivity index (χ0) is 24.1. The number of ether oxygens (including phenoxy) is 2. The molecule has 2 aliphatic heterocycles. The Labute approximate surface area is 195 Å². The smallest absolute Gasteiger partial charge is 0.275 e. The second-order valence-electron chi connectivity index (χ2n) is 8.94. The fourth-order valence-electron chi connectivity index (χ4n) is 6.02. The van der Waals surface area contributed by atoms with Crippen LogP contribution in [-0.4, -0.2) is 16.6 Å². The molecule has 3 aliphatic rings. The number of nitro groups is 1. The third kappa shape index (κ3) is 2.52. The van der Waals surface area contributed by atoms with E-state index < -0.39 is 39.5 Å². The van der Waals surface area contributed by atoms with Gasteiger partial charge in [-0.2, -0.15) is 15.8 Å². The summed E-state index contributed by atoms with van der Waals surface area (Å²) in [6.45, 7) is 0. The summed E-state index contributed by atoms with van der Waals surface area (Å²) < 4.78 is 12.3. The van der Waals surface area contributed by atoms with E-state index >= 15 is 0 Å². The highest BCUT2D eigenvalue weighted by Gasteiger charge is 2.81. The van der Waals surface area contributed by atoms with Gasteiger partial charge in [-0.05, 0) is 30.4 Å². The van der Waals surface area contributed by atoms with Gasteiger partial charge in [0.05, 0.1) is 34.6 Å². The predicted molar refractivity (Wildman–Crippen MR) is 117 cm³/mol. The molecule has 9 heteroatoms. The minimum atomic E-state index is -2.23. The van der Waals surface area contributed by atoms with Crippen LogP contribution in [0.25, 0.3) is 0 Å². The summed E-state index contributed by atoms with van der Waals surface area (Å²) in [4.78, 5) is 11.2. The molecule has 2 aromatic rings. The molecule has 3 fully saturated rings. The zero-order valence-corrected chi connectivity index (χ0v) is 18.0. The van der Waals surface area contributed by atoms with Gasteiger partial charge in [0.15, 0.2) is 5.41 Å². The molecular formula is C25H19N5O4. The van der Waals surface area contributed by atoms with E-state index in [1.807, 2.05) is 42.5 Å². The summed E-state index contributed by atoms with van der Waals surface area (Å²) in [5.74, 6) is -2.67. The van der Waals surface area contributed by atoms with Crippen LogP contribution >= 0.6 is 0 Å². The first-order valence-electron chi connectivity index (χ1n) is 10.9. The summed E-state index contributed by atoms with van der Waals surface area (Å²) in [5.41, 5.74) is -3.44. The monoisotopic (exact) mass is 453 g/mol. The Morgan fingerprint density at radius 2 is 1.71 bits per heavy atom. The van der Waals surface area contributed by atoms with Gasteiger partial charge in [-0.1, -0.05) is 42.5 Å². The van der Waals surface area contributed by atoms with Crippen molar-refractivity contribution in [2.24, 2.45) is 16.7 Å². The van der Waals surface area contributed by atoms with E-state index in [2.05, 4.69) is 6.07 Å². The van der Waals surface area contributed by atoms with Gasteiger partial charge < -0.3 is 9.47 Å². The lowest BCUT2D eigenvalue weighted by Gasteiger charge is -2.52. The Hall–Kier alpha value is -4.26. The van der Waals surface area contributed by atoms with Crippen LogP contribution in [0.5, 0.6) is 0 Å². The molecule has 5 unspecified atom stereocenters. The first-order chi connectivity index (χ1) is 16.4. The zero-order valence-electron chi connectivity index (χ0n) is 18.0. The molecule has 0 amide bonds. The largest absolute Gasteiger partial charge is 0.447 e. The quantitative estimate of drug-likeness (QED) is 0.529. The molecule has 2 heterocycles. The molecule has 2 aromatic carbocycles. The summed E-state index contributed by atoms with van der Waals surface area (Å²) in [5, 5.41) is 51.7. The van der Waals surface area contributed by atoms with Gasteiger partial charge in [0.1, 0.15) is 6.10 Å². The molecule has 5 rings (SSSR count). The molecule has 168 valence electrons. The van der Waals surface area contributed by atoms with Crippen LogP contribution in [0, 0.1) is 66.3 Å². The van der Waals surface area contributed by atoms with Crippen LogP contribution in [0.1, 0.15) is 42.4 Å². The molecule has 0 radical (unpaired) electrons. The molecule has 1 saturated carbocycles. The highest BCUT2D eigenvalue weighted by molar-refractivity contribution is 5.89. The van der Waals surface area contributed by atoms with Gasteiger partial charge >= 0.3 is 0 Å². The highest BCUT2D eigenvalue weighted by Crippen LogP contribution is 2.71. The molecule has 2 bridgehead atoms. The molecule has 2 saturated heterocycles. The van der Waals surface area contributed by atoms with Gasteiger partial charge in [-0.3, -0.25) is 15.5 Å². The molecule has 1 N–H and O–H groups in total. The number of hydrogen-bond acceptors (Lipinski definition) is 8. The lowest BCUT2D eigenvalue weighted by atomic mass is 9.50. The highest BCUT2D eigenvalue weighted by atomic mass is 16.7. The minimum absolute atomic E-state index is 0.0107. The molecule has 5 atom stereocenters. The van der Waals surface area contributed by atoms with Crippen molar-refractivity contribution in [1.29, 1.82) is 21.2 Å². The normalized spacial score (nSPS) is 32.9. The van der Waals surface area contributed by atoms with Crippen LogP contribution < -0.4 is 0 Å². The summed E-state index contributed by atoms with van der Waals surface area (Å²) in [6, 6.07) is 21.5. The van der Waals surface area contributed by atoms with Gasteiger partial charge in [-0.25, -0.2) is 0 Å². The lowest BCUT2D eigenvalue weighted by Crippen LogP contribution is -2.60. The van der Waals surface area contributed by atoms with E-state index in [4.69, 9.17) is 14.9 Å². The average Bonchev–Trinajstić information content (AvgIpc) is 3.07. The topological polar surface area (TPSA) is 157 Å². The van der Waals surface area contributed by atoms with Gasteiger partial charge in [0.25, 0.3) is 5.69 Å². The third-order valence-electron chi connectivity index (χ3n) is 7.60. The van der Waals surface area contributed by atoms with Crippen molar-refractivity contribution in [1.82, 2.24) is 0 Å². The molecular weight excluding hydrogens is 434 g/mol. The van der Waals surface area contributed by atoms with Gasteiger partial charge in [0.2, 0.25) is 17.1 Å². The third-order valence-corrected chi connectivity index (χ3v) is 7.60. The Morgan fingerprint density at radius 1 is 1.03 bits per heavy atom. The van der Waals surface area contributed by atoms with Crippen molar-refractivity contribution in [3.05, 3.63) is 75.8 Å². The maximum Gasteiger partial charge on any atom is 0.275 e. The Balaban J connectivity index is 1.71. The van der Waals surface area contributed by atoms with Crippen molar-refractivity contribution in [2.75, 3.05) is 0 Å². The maximum absolute atomic E-state index is 11.8. The van der Waals surface area contributed by atoms with Crippen LogP contribution in [-0.2, 0) is 9.47 Å². The number of nitriles is 3. The lowest BCUT2D eigenvalue weighted by molar-refractivity contribution is -0.387. The van der Waals surface area contributed by atoms with Crippen LogP contribution in [0.3, 0.4) is 0 Å². The molecule has 34 heavy (non-hydrogen) atoms. The Morgan fingerprint density at radius 3 is 2.35 bits per heavy atom. The van der Waals surface area contributed by atoms with E-state index in [1.165, 1.54) is 18.2 Å². The van der Waals surface area contributed by atoms with Crippen molar-refractivity contribution in [2.45, 2.75) is 37.1 Å². The molecule has 0 aromatic heterocycles. The van der Waals surface area contributed by atoms with E-state index in [9.17, 15) is 25.9 Å². The van der Waals surface area contributed by atoms with Gasteiger partial charge in [-0.15, -0.1) is 0 Å². The van der Waals surface area contributed by atoms with Crippen LogP contribution in [0.2, 0.25) is 0 Å². The number of para-hydroxylation sites is 1. The number of hydrogen-bond donors (Lipinski definition) is 1.